The zero-order chi connectivity index (χ0) is 11.4. The van der Waals surface area contributed by atoms with Crippen molar-refractivity contribution < 1.29 is 9.90 Å². The molecule has 82 valence electrons. The van der Waals surface area contributed by atoms with Gasteiger partial charge in [0.25, 0.3) is 11.5 Å². The Bertz CT molecular complexity index is 461. The van der Waals surface area contributed by atoms with Crippen LogP contribution in [-0.4, -0.2) is 33.6 Å². The van der Waals surface area contributed by atoms with Gasteiger partial charge in [0.1, 0.15) is 5.56 Å². The molecule has 0 aliphatic carbocycles. The minimum atomic E-state index is -0.763. The van der Waals surface area contributed by atoms with Gasteiger partial charge in [0.15, 0.2) is 0 Å². The van der Waals surface area contributed by atoms with Crippen LogP contribution in [0, 0.1) is 0 Å². The molecule has 7 heteroatoms. The van der Waals surface area contributed by atoms with Gasteiger partial charge in [0, 0.05) is 12.2 Å². The van der Waals surface area contributed by atoms with Crippen LogP contribution in [-0.2, 0) is 0 Å². The highest BCUT2D eigenvalue weighted by atomic mass is 16.3. The molecule has 1 amide bonds. The van der Waals surface area contributed by atoms with E-state index < -0.39 is 23.2 Å². The first-order valence-electron chi connectivity index (χ1n) is 4.28. The molecular formula is C8H11N3O4. The normalized spacial score (nSPS) is 12.1. The van der Waals surface area contributed by atoms with E-state index in [0.717, 1.165) is 6.20 Å². The van der Waals surface area contributed by atoms with Crippen molar-refractivity contribution in [2.24, 2.45) is 0 Å². The molecule has 0 bridgehead atoms. The molecule has 7 nitrogen and oxygen atoms in total. The summed E-state index contributed by atoms with van der Waals surface area (Å²) in [4.78, 5) is 37.3. The summed E-state index contributed by atoms with van der Waals surface area (Å²) in [7, 11) is 0. The van der Waals surface area contributed by atoms with Crippen LogP contribution in [0.2, 0.25) is 0 Å². The molecular weight excluding hydrogens is 202 g/mol. The molecule has 0 spiro atoms. The largest absolute Gasteiger partial charge is 0.394 e. The smallest absolute Gasteiger partial charge is 0.325 e. The summed E-state index contributed by atoms with van der Waals surface area (Å²) >= 11 is 0. The zero-order valence-electron chi connectivity index (χ0n) is 8.03. The van der Waals surface area contributed by atoms with Gasteiger partial charge >= 0.3 is 5.69 Å². The van der Waals surface area contributed by atoms with Gasteiger partial charge in [0.05, 0.1) is 6.61 Å². The van der Waals surface area contributed by atoms with Gasteiger partial charge < -0.3 is 15.4 Å². The van der Waals surface area contributed by atoms with E-state index in [4.69, 9.17) is 5.11 Å². The Morgan fingerprint density at radius 2 is 2.27 bits per heavy atom. The number of aliphatic hydroxyl groups is 1. The van der Waals surface area contributed by atoms with Crippen LogP contribution in [0.25, 0.3) is 0 Å². The average molecular weight is 213 g/mol. The Kier molecular flexibility index (Phi) is 3.40. The molecule has 1 aromatic rings. The summed E-state index contributed by atoms with van der Waals surface area (Å²) < 4.78 is 0. The van der Waals surface area contributed by atoms with Crippen LogP contribution in [0.5, 0.6) is 0 Å². The van der Waals surface area contributed by atoms with E-state index in [1.54, 1.807) is 6.92 Å². The Labute approximate surface area is 84.2 Å². The fraction of sp³-hybridized carbons (Fsp3) is 0.375. The number of nitrogens with one attached hydrogen (secondary N) is 3. The third-order valence-corrected chi connectivity index (χ3v) is 1.72. The van der Waals surface area contributed by atoms with Crippen molar-refractivity contribution in [3.8, 4) is 0 Å². The lowest BCUT2D eigenvalue weighted by Crippen LogP contribution is -2.39. The van der Waals surface area contributed by atoms with Crippen LogP contribution in [0.3, 0.4) is 0 Å². The lowest BCUT2D eigenvalue weighted by molar-refractivity contribution is 0.0920. The van der Waals surface area contributed by atoms with Crippen LogP contribution in [0.15, 0.2) is 15.8 Å². The Morgan fingerprint density at radius 3 is 2.80 bits per heavy atom. The van der Waals surface area contributed by atoms with Crippen LogP contribution >= 0.6 is 0 Å². The summed E-state index contributed by atoms with van der Waals surface area (Å²) in [5, 5.41) is 11.1. The van der Waals surface area contributed by atoms with E-state index in [1.807, 2.05) is 4.98 Å². The van der Waals surface area contributed by atoms with Crippen molar-refractivity contribution >= 4 is 5.91 Å². The standard InChI is InChI=1S/C8H11N3O4/c1-4(3-12)10-6(13)5-2-9-8(15)11-7(5)14/h2,4,12H,3H2,1H3,(H,10,13)(H2,9,11,14,15)/t4-/m0/s1. The van der Waals surface area contributed by atoms with Crippen molar-refractivity contribution in [3.05, 3.63) is 32.6 Å². The van der Waals surface area contributed by atoms with E-state index in [9.17, 15) is 14.4 Å². The second kappa shape index (κ2) is 4.56. The molecule has 1 heterocycles. The second-order valence-corrected chi connectivity index (χ2v) is 3.04. The van der Waals surface area contributed by atoms with Crippen molar-refractivity contribution in [3.63, 3.8) is 0 Å². The van der Waals surface area contributed by atoms with Gasteiger partial charge in [-0.3, -0.25) is 14.6 Å². The number of aromatic amines is 2. The molecule has 0 saturated carbocycles. The molecule has 1 rings (SSSR count). The fourth-order valence-electron chi connectivity index (χ4n) is 0.926. The minimum Gasteiger partial charge on any atom is -0.394 e. The molecule has 0 fully saturated rings. The number of aromatic nitrogens is 2. The van der Waals surface area contributed by atoms with Crippen molar-refractivity contribution in [2.75, 3.05) is 6.61 Å². The van der Waals surface area contributed by atoms with Gasteiger partial charge in [0.2, 0.25) is 0 Å². The highest BCUT2D eigenvalue weighted by molar-refractivity contribution is 5.93. The third kappa shape index (κ3) is 2.78. The summed E-state index contributed by atoms with van der Waals surface area (Å²) in [6.45, 7) is 1.35. The van der Waals surface area contributed by atoms with Crippen LogP contribution in [0.4, 0.5) is 0 Å². The summed E-state index contributed by atoms with van der Waals surface area (Å²) in [6, 6.07) is -0.455. The van der Waals surface area contributed by atoms with E-state index >= 15 is 0 Å². The second-order valence-electron chi connectivity index (χ2n) is 3.04. The van der Waals surface area contributed by atoms with Crippen LogP contribution in [0.1, 0.15) is 17.3 Å². The molecule has 4 N–H and O–H groups in total. The van der Waals surface area contributed by atoms with Crippen molar-refractivity contribution in [1.82, 2.24) is 15.3 Å². The summed E-state index contributed by atoms with van der Waals surface area (Å²) in [5.74, 6) is -0.644. The van der Waals surface area contributed by atoms with Gasteiger partial charge in [-0.1, -0.05) is 0 Å². The molecule has 0 radical (unpaired) electrons. The first-order valence-corrected chi connectivity index (χ1v) is 4.28. The van der Waals surface area contributed by atoms with Crippen molar-refractivity contribution in [2.45, 2.75) is 13.0 Å². The predicted octanol–water partition coefficient (Wildman–Crippen LogP) is -1.83. The average Bonchev–Trinajstić information content (AvgIpc) is 2.17. The predicted molar refractivity (Wildman–Crippen MR) is 51.7 cm³/mol. The number of rotatable bonds is 3. The maximum Gasteiger partial charge on any atom is 0.325 e. The van der Waals surface area contributed by atoms with Gasteiger partial charge in [-0.2, -0.15) is 0 Å². The van der Waals surface area contributed by atoms with E-state index in [1.165, 1.54) is 0 Å². The van der Waals surface area contributed by atoms with E-state index in [2.05, 4.69) is 10.3 Å². The number of H-pyrrole nitrogens is 2. The SMILES string of the molecule is C[C@@H](CO)NC(=O)c1c[nH]c(=O)[nH]c1=O. The van der Waals surface area contributed by atoms with E-state index in [0.29, 0.717) is 0 Å². The molecule has 0 saturated heterocycles. The molecule has 15 heavy (non-hydrogen) atoms. The molecule has 0 aromatic carbocycles. The number of amides is 1. The molecule has 1 aromatic heterocycles. The minimum absolute atomic E-state index is 0.199. The first-order chi connectivity index (χ1) is 7.04. The maximum atomic E-state index is 11.4. The van der Waals surface area contributed by atoms with Crippen molar-refractivity contribution in [1.29, 1.82) is 0 Å². The number of hydrogen-bond donors (Lipinski definition) is 4. The molecule has 0 aliphatic heterocycles. The van der Waals surface area contributed by atoms with Gasteiger partial charge in [-0.25, -0.2) is 4.79 Å². The Balaban J connectivity index is 2.92. The zero-order valence-corrected chi connectivity index (χ0v) is 8.03. The number of aliphatic hydroxyl groups excluding tert-OH is 1. The lowest BCUT2D eigenvalue weighted by atomic mass is 10.3. The maximum absolute atomic E-state index is 11.4. The Hall–Kier alpha value is -1.89. The number of carbonyl (C=O) groups excluding carboxylic acids is 1. The lowest BCUT2D eigenvalue weighted by Gasteiger charge is -2.09. The number of hydrogen-bond acceptors (Lipinski definition) is 4. The molecule has 1 atom stereocenters. The Morgan fingerprint density at radius 1 is 1.60 bits per heavy atom. The van der Waals surface area contributed by atoms with Crippen LogP contribution < -0.4 is 16.6 Å². The highest BCUT2D eigenvalue weighted by Crippen LogP contribution is 1.87. The third-order valence-electron chi connectivity index (χ3n) is 1.72. The summed E-state index contributed by atoms with van der Waals surface area (Å²) in [5.41, 5.74) is -1.64. The topological polar surface area (TPSA) is 115 Å². The fourth-order valence-corrected chi connectivity index (χ4v) is 0.926. The van der Waals surface area contributed by atoms with Gasteiger partial charge in [-0.05, 0) is 6.92 Å². The van der Waals surface area contributed by atoms with Gasteiger partial charge in [-0.15, -0.1) is 0 Å². The molecule has 0 unspecified atom stereocenters. The summed E-state index contributed by atoms with van der Waals surface area (Å²) in [6.07, 6.45) is 1.03. The monoisotopic (exact) mass is 213 g/mol. The molecule has 0 aliphatic rings. The highest BCUT2D eigenvalue weighted by Gasteiger charge is 2.12. The quantitative estimate of drug-likeness (QED) is 0.473. The van der Waals surface area contributed by atoms with E-state index in [-0.39, 0.29) is 12.2 Å². The first kappa shape index (κ1) is 11.2. The number of carbonyl (C=O) groups is 1.